The molecular weight excluding hydrogens is 148 g/mol. The second kappa shape index (κ2) is 3.74. The van der Waals surface area contributed by atoms with E-state index in [-0.39, 0.29) is 0 Å². The summed E-state index contributed by atoms with van der Waals surface area (Å²) in [5.41, 5.74) is 4.03. The summed E-state index contributed by atoms with van der Waals surface area (Å²) in [5.74, 6) is 0.681. The molecule has 0 amide bonds. The fraction of sp³-hybridized carbons (Fsp3) is 0.700. The van der Waals surface area contributed by atoms with E-state index in [2.05, 4.69) is 24.0 Å². The molecule has 0 saturated heterocycles. The Bertz CT molecular complexity index is 250. The summed E-state index contributed by atoms with van der Waals surface area (Å²) in [6.07, 6.45) is 2.51. The number of aromatic nitrogens is 2. The lowest BCUT2D eigenvalue weighted by Crippen LogP contribution is -1.86. The number of nitrogens with zero attached hydrogens (tertiary/aromatic N) is 1. The van der Waals surface area contributed by atoms with Gasteiger partial charge in [-0.1, -0.05) is 20.8 Å². The number of nitrogens with one attached hydrogen (secondary N) is 1. The molecule has 12 heavy (non-hydrogen) atoms. The van der Waals surface area contributed by atoms with Crippen LogP contribution in [0.3, 0.4) is 0 Å². The van der Waals surface area contributed by atoms with Gasteiger partial charge in [0.15, 0.2) is 0 Å². The Labute approximate surface area is 74.4 Å². The van der Waals surface area contributed by atoms with Gasteiger partial charge in [-0.05, 0) is 25.3 Å². The van der Waals surface area contributed by atoms with Crippen molar-refractivity contribution >= 4 is 0 Å². The molecule has 0 bridgehead atoms. The summed E-state index contributed by atoms with van der Waals surface area (Å²) in [6, 6.07) is 0. The van der Waals surface area contributed by atoms with Gasteiger partial charge in [0.05, 0.1) is 5.69 Å². The van der Waals surface area contributed by atoms with Crippen molar-refractivity contribution in [3.63, 3.8) is 0 Å². The van der Waals surface area contributed by atoms with Crippen molar-refractivity contribution in [2.45, 2.75) is 46.5 Å². The Kier molecular flexibility index (Phi) is 2.90. The normalized spacial score (nSPS) is 19.8. The second-order valence-corrected chi connectivity index (χ2v) is 3.15. The average Bonchev–Trinajstić information content (AvgIpc) is 2.62. The van der Waals surface area contributed by atoms with E-state index in [1.807, 2.05) is 13.8 Å². The van der Waals surface area contributed by atoms with Crippen molar-refractivity contribution in [1.82, 2.24) is 10.2 Å². The topological polar surface area (TPSA) is 28.7 Å². The number of aryl methyl sites for hydroxylation is 1. The maximum atomic E-state index is 4.25. The number of rotatable bonds is 0. The summed E-state index contributed by atoms with van der Waals surface area (Å²) in [6.45, 7) is 8.34. The van der Waals surface area contributed by atoms with Crippen LogP contribution in [0.2, 0.25) is 0 Å². The lowest BCUT2D eigenvalue weighted by atomic mass is 10.1. The van der Waals surface area contributed by atoms with Gasteiger partial charge in [-0.2, -0.15) is 5.10 Å². The van der Waals surface area contributed by atoms with Gasteiger partial charge >= 0.3 is 0 Å². The van der Waals surface area contributed by atoms with Gasteiger partial charge < -0.3 is 0 Å². The van der Waals surface area contributed by atoms with Crippen LogP contribution >= 0.6 is 0 Å². The number of hydrogen-bond donors (Lipinski definition) is 1. The molecular formula is C10H18N2. The molecule has 1 atom stereocenters. The third kappa shape index (κ3) is 1.38. The summed E-state index contributed by atoms with van der Waals surface area (Å²) < 4.78 is 0. The molecule has 1 heterocycles. The lowest BCUT2D eigenvalue weighted by molar-refractivity contribution is 0.713. The minimum absolute atomic E-state index is 0.681. The van der Waals surface area contributed by atoms with Crippen LogP contribution in [-0.4, -0.2) is 10.2 Å². The van der Waals surface area contributed by atoms with Crippen molar-refractivity contribution in [3.8, 4) is 0 Å². The Morgan fingerprint density at radius 1 is 1.42 bits per heavy atom. The van der Waals surface area contributed by atoms with Gasteiger partial charge in [0.2, 0.25) is 0 Å². The summed E-state index contributed by atoms with van der Waals surface area (Å²) in [5, 5.41) is 7.27. The highest BCUT2D eigenvalue weighted by atomic mass is 15.1. The standard InChI is InChI=1S/C8H12N2.C2H6/c1-5-3-4-7-6(2)9-10-8(5)7;1-2/h5H,3-4H2,1-2H3,(H,9,10);1-2H3. The van der Waals surface area contributed by atoms with Gasteiger partial charge in [-0.15, -0.1) is 0 Å². The first-order valence-electron chi connectivity index (χ1n) is 4.83. The van der Waals surface area contributed by atoms with Gasteiger partial charge in [0, 0.05) is 11.6 Å². The SMILES string of the molecule is CC.Cc1[nH]nc2c1CCC2C. The number of aromatic amines is 1. The zero-order valence-corrected chi connectivity index (χ0v) is 8.44. The maximum Gasteiger partial charge on any atom is 0.0685 e. The average molecular weight is 166 g/mol. The maximum absolute atomic E-state index is 4.25. The van der Waals surface area contributed by atoms with Crippen LogP contribution in [0, 0.1) is 6.92 Å². The van der Waals surface area contributed by atoms with Gasteiger partial charge in [-0.25, -0.2) is 0 Å². The third-order valence-corrected chi connectivity index (χ3v) is 2.40. The van der Waals surface area contributed by atoms with Crippen LogP contribution < -0.4 is 0 Å². The molecule has 1 aromatic heterocycles. The van der Waals surface area contributed by atoms with Crippen LogP contribution in [0.4, 0.5) is 0 Å². The van der Waals surface area contributed by atoms with Gasteiger partial charge in [0.25, 0.3) is 0 Å². The fourth-order valence-electron chi connectivity index (χ4n) is 1.69. The Morgan fingerprint density at radius 3 is 2.67 bits per heavy atom. The fourth-order valence-corrected chi connectivity index (χ4v) is 1.69. The molecule has 0 saturated carbocycles. The molecule has 68 valence electrons. The number of H-pyrrole nitrogens is 1. The minimum Gasteiger partial charge on any atom is -0.282 e. The van der Waals surface area contributed by atoms with E-state index in [1.165, 1.54) is 29.8 Å². The summed E-state index contributed by atoms with van der Waals surface area (Å²) in [4.78, 5) is 0. The highest BCUT2D eigenvalue weighted by Gasteiger charge is 2.22. The molecule has 2 nitrogen and oxygen atoms in total. The molecule has 0 aromatic carbocycles. The molecule has 1 unspecified atom stereocenters. The number of fused-ring (bicyclic) bond motifs is 1. The molecule has 0 radical (unpaired) electrons. The summed E-state index contributed by atoms with van der Waals surface area (Å²) in [7, 11) is 0. The minimum atomic E-state index is 0.681. The molecule has 1 aromatic rings. The molecule has 0 fully saturated rings. The van der Waals surface area contributed by atoms with Crippen molar-refractivity contribution in [2.75, 3.05) is 0 Å². The highest BCUT2D eigenvalue weighted by Crippen LogP contribution is 2.31. The first-order valence-corrected chi connectivity index (χ1v) is 4.83. The van der Waals surface area contributed by atoms with E-state index in [0.717, 1.165) is 0 Å². The predicted octanol–water partition coefficient (Wildman–Crippen LogP) is 2.79. The molecule has 0 aliphatic heterocycles. The lowest BCUT2D eigenvalue weighted by Gasteiger charge is -1.94. The second-order valence-electron chi connectivity index (χ2n) is 3.15. The van der Waals surface area contributed by atoms with Crippen molar-refractivity contribution in [1.29, 1.82) is 0 Å². The Hall–Kier alpha value is -0.790. The molecule has 1 aliphatic carbocycles. The third-order valence-electron chi connectivity index (χ3n) is 2.40. The molecule has 1 aliphatic rings. The van der Waals surface area contributed by atoms with Crippen LogP contribution in [-0.2, 0) is 6.42 Å². The van der Waals surface area contributed by atoms with E-state index in [0.29, 0.717) is 5.92 Å². The van der Waals surface area contributed by atoms with Crippen molar-refractivity contribution < 1.29 is 0 Å². The summed E-state index contributed by atoms with van der Waals surface area (Å²) >= 11 is 0. The van der Waals surface area contributed by atoms with Crippen LogP contribution in [0.15, 0.2) is 0 Å². The largest absolute Gasteiger partial charge is 0.282 e. The monoisotopic (exact) mass is 166 g/mol. The van der Waals surface area contributed by atoms with Gasteiger partial charge in [0.1, 0.15) is 0 Å². The van der Waals surface area contributed by atoms with Crippen LogP contribution in [0.25, 0.3) is 0 Å². The highest BCUT2D eigenvalue weighted by molar-refractivity contribution is 5.31. The first kappa shape index (κ1) is 9.30. The van der Waals surface area contributed by atoms with E-state index >= 15 is 0 Å². The van der Waals surface area contributed by atoms with E-state index in [1.54, 1.807) is 0 Å². The Morgan fingerprint density at radius 2 is 2.08 bits per heavy atom. The van der Waals surface area contributed by atoms with Crippen LogP contribution in [0.5, 0.6) is 0 Å². The predicted molar refractivity (Wildman–Crippen MR) is 51.4 cm³/mol. The molecule has 2 heteroatoms. The Balaban J connectivity index is 0.000000336. The number of hydrogen-bond acceptors (Lipinski definition) is 1. The van der Waals surface area contributed by atoms with E-state index in [4.69, 9.17) is 0 Å². The quantitative estimate of drug-likeness (QED) is 0.630. The van der Waals surface area contributed by atoms with Gasteiger partial charge in [-0.3, -0.25) is 5.10 Å². The molecule has 1 N–H and O–H groups in total. The molecule has 2 rings (SSSR count). The zero-order chi connectivity index (χ0) is 9.14. The van der Waals surface area contributed by atoms with E-state index < -0.39 is 0 Å². The first-order chi connectivity index (χ1) is 5.79. The smallest absolute Gasteiger partial charge is 0.0685 e. The molecule has 0 spiro atoms. The van der Waals surface area contributed by atoms with E-state index in [9.17, 15) is 0 Å². The van der Waals surface area contributed by atoms with Crippen molar-refractivity contribution in [2.24, 2.45) is 0 Å². The van der Waals surface area contributed by atoms with Crippen molar-refractivity contribution in [3.05, 3.63) is 17.0 Å². The zero-order valence-electron chi connectivity index (χ0n) is 8.44. The van der Waals surface area contributed by atoms with Crippen LogP contribution in [0.1, 0.15) is 50.1 Å².